The fourth-order valence-electron chi connectivity index (χ4n) is 5.96. The average Bonchev–Trinajstić information content (AvgIpc) is 3.71. The van der Waals surface area contributed by atoms with Crippen molar-refractivity contribution in [1.29, 1.82) is 0 Å². The van der Waals surface area contributed by atoms with Gasteiger partial charge in [-0.15, -0.1) is 13.2 Å². The topological polar surface area (TPSA) is 102 Å². The summed E-state index contributed by atoms with van der Waals surface area (Å²) in [6, 6.07) is 5.50. The van der Waals surface area contributed by atoms with Gasteiger partial charge >= 0.3 is 24.4 Å². The Morgan fingerprint density at radius 1 is 0.957 bits per heavy atom. The number of carbonyl (C=O) groups excluding carboxylic acids is 2. The van der Waals surface area contributed by atoms with Gasteiger partial charge in [0, 0.05) is 29.7 Å². The lowest BCUT2D eigenvalue weighted by atomic mass is 9.95. The Balaban J connectivity index is 1.33. The Hall–Kier alpha value is -3.31. The van der Waals surface area contributed by atoms with E-state index in [2.05, 4.69) is 14.5 Å². The smallest absolute Gasteiger partial charge is 0.490 e. The van der Waals surface area contributed by atoms with Gasteiger partial charge in [-0.25, -0.2) is 17.6 Å². The molecule has 2 bridgehead atoms. The molecule has 18 heteroatoms. The molecule has 0 spiro atoms. The third-order valence-corrected chi connectivity index (χ3v) is 8.98. The van der Waals surface area contributed by atoms with E-state index in [0.29, 0.717) is 43.1 Å². The molecule has 1 aliphatic carbocycles. The molecule has 1 amide bonds. The van der Waals surface area contributed by atoms with Crippen molar-refractivity contribution in [3.8, 4) is 11.5 Å². The number of sulfonamides is 1. The number of piperidine rings is 1. The van der Waals surface area contributed by atoms with Gasteiger partial charge in [-0.05, 0) is 79.8 Å². The highest BCUT2D eigenvalue weighted by atomic mass is 35.5. The monoisotopic (exact) mass is 702 g/mol. The van der Waals surface area contributed by atoms with Gasteiger partial charge in [0.1, 0.15) is 23.4 Å². The van der Waals surface area contributed by atoms with Gasteiger partial charge in [-0.1, -0.05) is 16.1 Å². The van der Waals surface area contributed by atoms with E-state index >= 15 is 4.39 Å². The first kappa shape index (κ1) is 34.0. The molecule has 3 aliphatic rings. The van der Waals surface area contributed by atoms with E-state index in [1.165, 1.54) is 6.07 Å². The van der Waals surface area contributed by atoms with E-state index in [9.17, 15) is 44.3 Å². The fourth-order valence-corrected chi connectivity index (χ4v) is 6.77. The molecule has 2 aromatic carbocycles. The van der Waals surface area contributed by atoms with Gasteiger partial charge in [0.25, 0.3) is 10.0 Å². The second-order valence-electron chi connectivity index (χ2n) is 11.4. The number of amides is 1. The normalized spacial score (nSPS) is 22.0. The third-order valence-electron chi connectivity index (χ3n) is 7.92. The number of halogens is 8. The Bertz CT molecular complexity index is 1620. The number of carbonyl (C=O) groups is 2. The zero-order chi connectivity index (χ0) is 33.8. The number of benzene rings is 2. The van der Waals surface area contributed by atoms with Gasteiger partial charge in [0.05, 0.1) is 11.8 Å². The quantitative estimate of drug-likeness (QED) is 0.235. The second-order valence-corrected chi connectivity index (χ2v) is 13.7. The van der Waals surface area contributed by atoms with Crippen LogP contribution in [0.5, 0.6) is 11.5 Å². The van der Waals surface area contributed by atoms with Crippen molar-refractivity contribution in [2.75, 3.05) is 6.26 Å². The van der Waals surface area contributed by atoms with Crippen LogP contribution < -0.4 is 9.47 Å². The molecule has 46 heavy (non-hydrogen) atoms. The first-order valence-corrected chi connectivity index (χ1v) is 16.2. The first-order chi connectivity index (χ1) is 21.3. The number of hydrogen-bond donors (Lipinski definition) is 0. The average molecular weight is 703 g/mol. The molecule has 2 aromatic rings. The van der Waals surface area contributed by atoms with Crippen molar-refractivity contribution >= 4 is 33.5 Å². The maximum atomic E-state index is 15.4. The Morgan fingerprint density at radius 2 is 1.57 bits per heavy atom. The standard InChI is InChI=1S/C28H26ClF7N2O7S/c1-46(41,42)38(45-26(40)27(31,32)33)25(39)23-12-22(14-2-3-14)15(6-24(23)30)13-37-17-4-5-18(37)10-20(9-17)43-19-7-16(29)8-21(11-19)44-28(34,35)36/h6-8,11-12,14,17-18,20H,2-5,9-10,13H2,1H3. The first-order valence-electron chi connectivity index (χ1n) is 13.9. The Labute approximate surface area is 263 Å². The summed E-state index contributed by atoms with van der Waals surface area (Å²) in [5.41, 5.74) is 0.126. The summed E-state index contributed by atoms with van der Waals surface area (Å²) in [5, 5.41) is -0.00751. The van der Waals surface area contributed by atoms with Crippen LogP contribution in [0, 0.1) is 5.82 Å². The van der Waals surface area contributed by atoms with E-state index in [-0.39, 0.29) is 41.4 Å². The Morgan fingerprint density at radius 3 is 2.11 bits per heavy atom. The molecule has 0 N–H and O–H groups in total. The van der Waals surface area contributed by atoms with Crippen molar-refractivity contribution in [1.82, 2.24) is 9.37 Å². The van der Waals surface area contributed by atoms with Gasteiger partial charge in [0.15, 0.2) is 0 Å². The van der Waals surface area contributed by atoms with E-state index in [4.69, 9.17) is 16.3 Å². The van der Waals surface area contributed by atoms with Crippen LogP contribution in [0.15, 0.2) is 30.3 Å². The molecular formula is C28H26ClF7N2O7S. The molecule has 5 rings (SSSR count). The Kier molecular flexibility index (Phi) is 9.16. The van der Waals surface area contributed by atoms with Crippen LogP contribution in [0.1, 0.15) is 65.9 Å². The minimum atomic E-state index is -5.62. The van der Waals surface area contributed by atoms with Crippen molar-refractivity contribution in [2.45, 2.75) is 81.7 Å². The maximum absolute atomic E-state index is 15.4. The number of fused-ring (bicyclic) bond motifs is 2. The molecule has 1 saturated carbocycles. The van der Waals surface area contributed by atoms with E-state index in [1.807, 2.05) is 0 Å². The lowest BCUT2D eigenvalue weighted by Gasteiger charge is -2.39. The highest BCUT2D eigenvalue weighted by Gasteiger charge is 2.46. The molecule has 2 unspecified atom stereocenters. The van der Waals surface area contributed by atoms with E-state index in [0.717, 1.165) is 37.1 Å². The number of rotatable bonds is 8. The summed E-state index contributed by atoms with van der Waals surface area (Å²) < 4.78 is 125. The molecule has 252 valence electrons. The van der Waals surface area contributed by atoms with Crippen molar-refractivity contribution in [3.05, 3.63) is 57.9 Å². The molecular weight excluding hydrogens is 677 g/mol. The lowest BCUT2D eigenvalue weighted by molar-refractivity contribution is -0.274. The number of nitrogens with zero attached hydrogens (tertiary/aromatic N) is 2. The van der Waals surface area contributed by atoms with Crippen LogP contribution in [0.25, 0.3) is 0 Å². The van der Waals surface area contributed by atoms with Crippen LogP contribution in [0.3, 0.4) is 0 Å². The third kappa shape index (κ3) is 7.97. The number of alkyl halides is 6. The van der Waals surface area contributed by atoms with Gasteiger partial charge < -0.3 is 14.3 Å². The van der Waals surface area contributed by atoms with Crippen LogP contribution in [0.4, 0.5) is 30.7 Å². The van der Waals surface area contributed by atoms with Crippen LogP contribution >= 0.6 is 11.6 Å². The minimum Gasteiger partial charge on any atom is -0.490 e. The highest BCUT2D eigenvalue weighted by molar-refractivity contribution is 7.88. The molecule has 0 radical (unpaired) electrons. The van der Waals surface area contributed by atoms with Crippen molar-refractivity contribution in [3.63, 3.8) is 0 Å². The second kappa shape index (κ2) is 12.4. The SMILES string of the molecule is CS(=O)(=O)N(OC(=O)C(F)(F)F)C(=O)c1cc(C2CC2)c(CN2C3CCC2CC(Oc2cc(Cl)cc(OC(F)(F)F)c2)C3)cc1F. The summed E-state index contributed by atoms with van der Waals surface area (Å²) in [6.45, 7) is 0.235. The minimum absolute atomic E-state index is 0.00751. The largest absolute Gasteiger partial charge is 0.573 e. The zero-order valence-corrected chi connectivity index (χ0v) is 25.4. The molecule has 3 fully saturated rings. The predicted molar refractivity (Wildman–Crippen MR) is 146 cm³/mol. The van der Waals surface area contributed by atoms with Crippen molar-refractivity contribution < 1.29 is 63.1 Å². The van der Waals surface area contributed by atoms with Crippen LogP contribution in [0.2, 0.25) is 5.02 Å². The van der Waals surface area contributed by atoms with Gasteiger partial charge in [-0.2, -0.15) is 13.2 Å². The fraction of sp³-hybridized carbons (Fsp3) is 0.500. The summed E-state index contributed by atoms with van der Waals surface area (Å²) in [7, 11) is -4.89. The summed E-state index contributed by atoms with van der Waals surface area (Å²) in [6.07, 6.45) is -6.73. The summed E-state index contributed by atoms with van der Waals surface area (Å²) in [5.74, 6) is -6.52. The zero-order valence-electron chi connectivity index (χ0n) is 23.8. The molecule has 2 saturated heterocycles. The molecule has 2 atom stereocenters. The number of hydroxylamine groups is 1. The number of hydrogen-bond acceptors (Lipinski definition) is 8. The summed E-state index contributed by atoms with van der Waals surface area (Å²) >= 11 is 5.96. The highest BCUT2D eigenvalue weighted by Crippen LogP contribution is 2.45. The van der Waals surface area contributed by atoms with E-state index in [1.54, 1.807) is 0 Å². The van der Waals surface area contributed by atoms with Crippen LogP contribution in [-0.2, 0) is 26.2 Å². The molecule has 0 aromatic heterocycles. The molecule has 2 heterocycles. The van der Waals surface area contributed by atoms with Crippen molar-refractivity contribution in [2.24, 2.45) is 0 Å². The number of ether oxygens (including phenoxy) is 2. The van der Waals surface area contributed by atoms with Gasteiger partial charge in [0.2, 0.25) is 0 Å². The molecule has 2 aliphatic heterocycles. The van der Waals surface area contributed by atoms with Gasteiger partial charge in [-0.3, -0.25) is 9.69 Å². The summed E-state index contributed by atoms with van der Waals surface area (Å²) in [4.78, 5) is 30.2. The maximum Gasteiger partial charge on any atom is 0.573 e. The lowest BCUT2D eigenvalue weighted by Crippen LogP contribution is -2.46. The predicted octanol–water partition coefficient (Wildman–Crippen LogP) is 6.25. The molecule has 9 nitrogen and oxygen atoms in total. The van der Waals surface area contributed by atoms with E-state index < -0.39 is 56.0 Å². The van der Waals surface area contributed by atoms with Crippen LogP contribution in [-0.4, -0.2) is 66.6 Å².